The third-order valence-corrected chi connectivity index (χ3v) is 3.12. The topological polar surface area (TPSA) is 89.3 Å². The van der Waals surface area contributed by atoms with Gasteiger partial charge in [0.05, 0.1) is 12.3 Å². The zero-order valence-electron chi connectivity index (χ0n) is 10.2. The maximum atomic E-state index is 13.9. The Morgan fingerprint density at radius 2 is 2.37 bits per heavy atom. The van der Waals surface area contributed by atoms with Crippen LogP contribution < -0.4 is 4.90 Å². The smallest absolute Gasteiger partial charge is 0.227 e. The van der Waals surface area contributed by atoms with Crippen molar-refractivity contribution < 1.29 is 14.3 Å². The van der Waals surface area contributed by atoms with E-state index >= 15 is 0 Å². The lowest BCUT2D eigenvalue weighted by atomic mass is 10.1. The zero-order chi connectivity index (χ0) is 13.8. The van der Waals surface area contributed by atoms with Gasteiger partial charge in [-0.3, -0.25) is 4.79 Å². The molecule has 19 heavy (non-hydrogen) atoms. The first kappa shape index (κ1) is 13.3. The van der Waals surface area contributed by atoms with E-state index in [9.17, 15) is 14.3 Å². The van der Waals surface area contributed by atoms with Crippen LogP contribution in [0.5, 0.6) is 0 Å². The third kappa shape index (κ3) is 2.67. The summed E-state index contributed by atoms with van der Waals surface area (Å²) in [4.78, 5) is 15.9. The Kier molecular flexibility index (Phi) is 3.99. The maximum absolute atomic E-state index is 13.9. The van der Waals surface area contributed by atoms with Gasteiger partial charge in [-0.25, -0.2) is 4.39 Å². The van der Waals surface area contributed by atoms with Crippen LogP contribution in [0, 0.1) is 11.7 Å². The molecule has 1 aromatic carbocycles. The molecule has 1 unspecified atom stereocenters. The number of hydrogen-bond acceptors (Lipinski definition) is 3. The second kappa shape index (κ2) is 5.69. The molecular weight excluding hydrogens is 251 g/mol. The van der Waals surface area contributed by atoms with Crippen molar-refractivity contribution in [1.29, 1.82) is 0 Å². The zero-order valence-corrected chi connectivity index (χ0v) is 10.2. The molecule has 6 nitrogen and oxygen atoms in total. The summed E-state index contributed by atoms with van der Waals surface area (Å²) in [5.41, 5.74) is 8.76. The molecule has 1 heterocycles. The number of aliphatic hydroxyl groups excluding tert-OH is 1. The van der Waals surface area contributed by atoms with Crippen LogP contribution in [0.1, 0.15) is 12.0 Å². The molecule has 0 aliphatic carbocycles. The van der Waals surface area contributed by atoms with Crippen molar-refractivity contribution in [2.24, 2.45) is 11.0 Å². The van der Waals surface area contributed by atoms with Crippen LogP contribution >= 0.6 is 0 Å². The Bertz CT molecular complexity index is 543. The van der Waals surface area contributed by atoms with Gasteiger partial charge in [-0.15, -0.1) is 0 Å². The fourth-order valence-electron chi connectivity index (χ4n) is 2.26. The van der Waals surface area contributed by atoms with E-state index < -0.39 is 5.82 Å². The number of aliphatic hydroxyl groups is 1. The normalized spacial score (nSPS) is 18.5. The van der Waals surface area contributed by atoms with Gasteiger partial charge in [0.15, 0.2) is 0 Å². The molecule has 1 atom stereocenters. The molecule has 0 aromatic heterocycles. The van der Waals surface area contributed by atoms with Crippen LogP contribution in [0.25, 0.3) is 10.4 Å². The predicted octanol–water partition coefficient (Wildman–Crippen LogP) is 1.98. The van der Waals surface area contributed by atoms with Gasteiger partial charge in [0.25, 0.3) is 0 Å². The minimum atomic E-state index is -0.538. The van der Waals surface area contributed by atoms with E-state index in [1.807, 2.05) is 0 Å². The summed E-state index contributed by atoms with van der Waals surface area (Å²) in [6, 6.07) is 4.32. The Hall–Kier alpha value is -2.11. The van der Waals surface area contributed by atoms with Gasteiger partial charge in [-0.05, 0) is 17.5 Å². The monoisotopic (exact) mass is 264 g/mol. The Labute approximate surface area is 109 Å². The molecule has 1 fully saturated rings. The Morgan fingerprint density at radius 3 is 3.05 bits per heavy atom. The van der Waals surface area contributed by atoms with Crippen molar-refractivity contribution in [3.05, 3.63) is 40.0 Å². The Morgan fingerprint density at radius 1 is 1.58 bits per heavy atom. The van der Waals surface area contributed by atoms with Gasteiger partial charge in [-0.2, -0.15) is 0 Å². The highest BCUT2D eigenvalue weighted by Gasteiger charge is 2.32. The van der Waals surface area contributed by atoms with Crippen LogP contribution in [0.4, 0.5) is 10.1 Å². The number of carbonyl (C=O) groups excluding carboxylic acids is 1. The van der Waals surface area contributed by atoms with E-state index in [1.165, 1.54) is 17.0 Å². The highest BCUT2D eigenvalue weighted by molar-refractivity contribution is 5.96. The average Bonchev–Trinajstić information content (AvgIpc) is 2.77. The molecule has 0 radical (unpaired) electrons. The average molecular weight is 264 g/mol. The van der Waals surface area contributed by atoms with Gasteiger partial charge in [0, 0.05) is 30.0 Å². The second-order valence-corrected chi connectivity index (χ2v) is 4.39. The standard InChI is InChI=1S/C12H13FN4O2/c13-10-3-1-2-9(7-18)12(10)17-6-8(4-11(17)19)5-15-16-14/h1-3,8,18H,4-7H2. The number of benzene rings is 1. The van der Waals surface area contributed by atoms with E-state index in [2.05, 4.69) is 10.0 Å². The first-order chi connectivity index (χ1) is 9.17. The summed E-state index contributed by atoms with van der Waals surface area (Å²) in [6.45, 7) is 0.172. The summed E-state index contributed by atoms with van der Waals surface area (Å²) in [6.07, 6.45) is 0.220. The lowest BCUT2D eigenvalue weighted by molar-refractivity contribution is -0.117. The number of amides is 1. The molecule has 0 saturated carbocycles. The Balaban J connectivity index is 2.27. The highest BCUT2D eigenvalue weighted by atomic mass is 19.1. The number of rotatable bonds is 4. The van der Waals surface area contributed by atoms with Crippen molar-refractivity contribution >= 4 is 11.6 Å². The van der Waals surface area contributed by atoms with Crippen LogP contribution in [-0.4, -0.2) is 24.1 Å². The van der Waals surface area contributed by atoms with Crippen LogP contribution in [0.2, 0.25) is 0 Å². The molecule has 1 aliphatic heterocycles. The number of halogens is 1. The van der Waals surface area contributed by atoms with Gasteiger partial charge in [0.2, 0.25) is 5.91 Å². The van der Waals surface area contributed by atoms with Crippen molar-refractivity contribution in [2.45, 2.75) is 13.0 Å². The molecule has 1 N–H and O–H groups in total. The second-order valence-electron chi connectivity index (χ2n) is 4.39. The molecule has 0 spiro atoms. The summed E-state index contributed by atoms with van der Waals surface area (Å²) in [5, 5.41) is 12.7. The van der Waals surface area contributed by atoms with Crippen molar-refractivity contribution in [3.63, 3.8) is 0 Å². The molecule has 7 heteroatoms. The molecular formula is C12H13FN4O2. The molecule has 1 saturated heterocycles. The molecule has 100 valence electrons. The molecule has 0 bridgehead atoms. The highest BCUT2D eigenvalue weighted by Crippen LogP contribution is 2.30. The minimum Gasteiger partial charge on any atom is -0.392 e. The summed E-state index contributed by atoms with van der Waals surface area (Å²) < 4.78 is 13.9. The maximum Gasteiger partial charge on any atom is 0.227 e. The number of carbonyl (C=O) groups is 1. The number of nitrogens with zero attached hydrogens (tertiary/aromatic N) is 4. The van der Waals surface area contributed by atoms with Crippen LogP contribution in [-0.2, 0) is 11.4 Å². The van der Waals surface area contributed by atoms with E-state index in [0.717, 1.165) is 0 Å². The molecule has 1 amide bonds. The number of para-hydroxylation sites is 1. The van der Waals surface area contributed by atoms with Gasteiger partial charge >= 0.3 is 0 Å². The third-order valence-electron chi connectivity index (χ3n) is 3.12. The fraction of sp³-hybridized carbons (Fsp3) is 0.417. The van der Waals surface area contributed by atoms with Crippen molar-refractivity contribution in [2.75, 3.05) is 18.0 Å². The molecule has 2 rings (SSSR count). The van der Waals surface area contributed by atoms with E-state index in [4.69, 9.17) is 5.53 Å². The molecule has 1 aromatic rings. The number of azide groups is 1. The van der Waals surface area contributed by atoms with Crippen LogP contribution in [0.3, 0.4) is 0 Å². The van der Waals surface area contributed by atoms with E-state index in [-0.39, 0.29) is 37.1 Å². The van der Waals surface area contributed by atoms with E-state index in [0.29, 0.717) is 12.1 Å². The van der Waals surface area contributed by atoms with Crippen molar-refractivity contribution in [1.82, 2.24) is 0 Å². The first-order valence-corrected chi connectivity index (χ1v) is 5.86. The largest absolute Gasteiger partial charge is 0.392 e. The molecule has 1 aliphatic rings. The number of anilines is 1. The SMILES string of the molecule is [N-]=[N+]=NCC1CC(=O)N(c2c(F)cccc2CO)C1. The lowest BCUT2D eigenvalue weighted by Crippen LogP contribution is -2.27. The number of hydrogen-bond donors (Lipinski definition) is 1. The first-order valence-electron chi connectivity index (χ1n) is 5.86. The van der Waals surface area contributed by atoms with E-state index in [1.54, 1.807) is 6.07 Å². The lowest BCUT2D eigenvalue weighted by Gasteiger charge is -2.20. The van der Waals surface area contributed by atoms with Gasteiger partial charge in [0.1, 0.15) is 5.82 Å². The van der Waals surface area contributed by atoms with Crippen molar-refractivity contribution in [3.8, 4) is 0 Å². The predicted molar refractivity (Wildman–Crippen MR) is 66.8 cm³/mol. The summed E-state index contributed by atoms with van der Waals surface area (Å²) >= 11 is 0. The van der Waals surface area contributed by atoms with Gasteiger partial charge < -0.3 is 10.0 Å². The summed E-state index contributed by atoms with van der Waals surface area (Å²) in [7, 11) is 0. The quantitative estimate of drug-likeness (QED) is 0.512. The van der Waals surface area contributed by atoms with Crippen LogP contribution in [0.15, 0.2) is 23.3 Å². The minimum absolute atomic E-state index is 0.116. The fourth-order valence-corrected chi connectivity index (χ4v) is 2.26. The van der Waals surface area contributed by atoms with Gasteiger partial charge in [-0.1, -0.05) is 17.2 Å². The summed E-state index contributed by atoms with van der Waals surface area (Å²) in [5.74, 6) is -0.878.